The summed E-state index contributed by atoms with van der Waals surface area (Å²) >= 11 is 11.0. The second-order valence-electron chi connectivity index (χ2n) is 5.64. The second-order valence-corrected chi connectivity index (χ2v) is 6.49. The van der Waals surface area contributed by atoms with Crippen molar-refractivity contribution in [3.05, 3.63) is 59.1 Å². The lowest BCUT2D eigenvalue weighted by Gasteiger charge is -2.17. The Kier molecular flexibility index (Phi) is 7.22. The maximum atomic E-state index is 12.0. The summed E-state index contributed by atoms with van der Waals surface area (Å²) in [6, 6.07) is 14.7. The molecule has 2 aromatic carbocycles. The van der Waals surface area contributed by atoms with Crippen LogP contribution in [0.3, 0.4) is 0 Å². The molecule has 1 amide bonds. The number of rotatable bonds is 6. The first-order valence-electron chi connectivity index (χ1n) is 8.07. The molecule has 2 aromatic rings. The molecule has 0 saturated heterocycles. The van der Waals surface area contributed by atoms with Gasteiger partial charge >= 0.3 is 0 Å². The monoisotopic (exact) mass is 376 g/mol. The number of thiocarbonyl (C=S) groups is 1. The molecule has 0 aliphatic rings. The zero-order valence-electron chi connectivity index (χ0n) is 14.2. The van der Waals surface area contributed by atoms with Crippen molar-refractivity contribution < 1.29 is 9.53 Å². The minimum absolute atomic E-state index is 0.129. The van der Waals surface area contributed by atoms with Crippen LogP contribution in [0, 0.1) is 0 Å². The molecule has 132 valence electrons. The maximum Gasteiger partial charge on any atom is 0.264 e. The van der Waals surface area contributed by atoms with Crippen molar-refractivity contribution in [1.82, 2.24) is 5.32 Å². The summed E-state index contributed by atoms with van der Waals surface area (Å²) in [6.45, 7) is 4.16. The molecule has 0 spiro atoms. The number of carbonyl (C=O) groups is 1. The lowest BCUT2D eigenvalue weighted by molar-refractivity contribution is -0.121. The number of hydrogen-bond acceptors (Lipinski definition) is 3. The predicted molar refractivity (Wildman–Crippen MR) is 106 cm³/mol. The lowest BCUT2D eigenvalue weighted by atomic mass is 9.97. The topological polar surface area (TPSA) is 50.4 Å². The van der Waals surface area contributed by atoms with E-state index in [2.05, 4.69) is 30.5 Å². The lowest BCUT2D eigenvalue weighted by Crippen LogP contribution is -2.37. The molecule has 0 aromatic heterocycles. The number of hydrogen-bond donors (Lipinski definition) is 2. The van der Waals surface area contributed by atoms with Crippen LogP contribution in [0.25, 0.3) is 0 Å². The minimum atomic E-state index is -0.325. The van der Waals surface area contributed by atoms with Gasteiger partial charge in [0.25, 0.3) is 5.91 Å². The summed E-state index contributed by atoms with van der Waals surface area (Å²) in [5.41, 5.74) is 2.07. The third kappa shape index (κ3) is 6.03. The Morgan fingerprint density at radius 1 is 1.20 bits per heavy atom. The second kappa shape index (κ2) is 9.39. The maximum absolute atomic E-state index is 12.0. The Morgan fingerprint density at radius 2 is 1.88 bits per heavy atom. The molecule has 0 heterocycles. The van der Waals surface area contributed by atoms with Crippen LogP contribution in [0.5, 0.6) is 5.75 Å². The number of nitrogens with one attached hydrogen (secondary N) is 2. The van der Waals surface area contributed by atoms with Gasteiger partial charge in [0.2, 0.25) is 0 Å². The highest BCUT2D eigenvalue weighted by atomic mass is 35.5. The summed E-state index contributed by atoms with van der Waals surface area (Å²) in [5, 5.41) is 6.58. The molecule has 25 heavy (non-hydrogen) atoms. The number of benzene rings is 2. The molecule has 2 rings (SSSR count). The van der Waals surface area contributed by atoms with E-state index in [0.29, 0.717) is 16.7 Å². The van der Waals surface area contributed by atoms with Crippen LogP contribution in [-0.4, -0.2) is 17.6 Å². The third-order valence-electron chi connectivity index (χ3n) is 3.79. The van der Waals surface area contributed by atoms with Crippen molar-refractivity contribution in [1.29, 1.82) is 0 Å². The number of anilines is 1. The van der Waals surface area contributed by atoms with Gasteiger partial charge in [0.05, 0.1) is 0 Å². The van der Waals surface area contributed by atoms with Gasteiger partial charge in [-0.1, -0.05) is 43.6 Å². The van der Waals surface area contributed by atoms with E-state index in [-0.39, 0.29) is 17.6 Å². The molecule has 2 N–H and O–H groups in total. The van der Waals surface area contributed by atoms with Gasteiger partial charge < -0.3 is 10.1 Å². The average molecular weight is 377 g/mol. The van der Waals surface area contributed by atoms with Crippen molar-refractivity contribution in [3.8, 4) is 5.75 Å². The fourth-order valence-electron chi connectivity index (χ4n) is 2.26. The molecule has 0 fully saturated rings. The van der Waals surface area contributed by atoms with Crippen molar-refractivity contribution in [2.45, 2.75) is 26.2 Å². The van der Waals surface area contributed by atoms with E-state index in [4.69, 9.17) is 28.6 Å². The van der Waals surface area contributed by atoms with Gasteiger partial charge in [-0.15, -0.1) is 0 Å². The first-order chi connectivity index (χ1) is 12.0. The summed E-state index contributed by atoms with van der Waals surface area (Å²) in [7, 11) is 0. The number of para-hydroxylation sites is 1. The van der Waals surface area contributed by atoms with Gasteiger partial charge in [-0.25, -0.2) is 0 Å². The quantitative estimate of drug-likeness (QED) is 0.714. The molecule has 0 bridgehead atoms. The van der Waals surface area contributed by atoms with E-state index in [1.807, 2.05) is 18.2 Å². The van der Waals surface area contributed by atoms with Crippen molar-refractivity contribution in [3.63, 3.8) is 0 Å². The standard InChI is InChI=1S/C19H21ClN2O2S/c1-3-13(2)16-6-4-5-7-17(16)21-19(25)22-18(23)12-24-15-10-8-14(20)9-11-15/h4-11,13H,3,12H2,1-2H3,(H2,21,22,23,25). The van der Waals surface area contributed by atoms with Crippen LogP contribution in [0.2, 0.25) is 5.02 Å². The highest BCUT2D eigenvalue weighted by molar-refractivity contribution is 7.80. The summed E-state index contributed by atoms with van der Waals surface area (Å²) < 4.78 is 5.40. The van der Waals surface area contributed by atoms with Crippen molar-refractivity contribution in [2.75, 3.05) is 11.9 Å². The third-order valence-corrected chi connectivity index (χ3v) is 4.24. The molecule has 0 radical (unpaired) electrons. The summed E-state index contributed by atoms with van der Waals surface area (Å²) in [4.78, 5) is 12.0. The highest BCUT2D eigenvalue weighted by Gasteiger charge is 2.11. The van der Waals surface area contributed by atoms with E-state index in [1.165, 1.54) is 5.56 Å². The van der Waals surface area contributed by atoms with Crippen LogP contribution >= 0.6 is 23.8 Å². The van der Waals surface area contributed by atoms with E-state index in [9.17, 15) is 4.79 Å². The van der Waals surface area contributed by atoms with Crippen LogP contribution in [0.4, 0.5) is 5.69 Å². The molecule has 6 heteroatoms. The van der Waals surface area contributed by atoms with Crippen LogP contribution in [0.15, 0.2) is 48.5 Å². The average Bonchev–Trinajstić information content (AvgIpc) is 2.61. The van der Waals surface area contributed by atoms with Gasteiger partial charge in [-0.3, -0.25) is 10.1 Å². The van der Waals surface area contributed by atoms with Gasteiger partial charge in [0.1, 0.15) is 5.75 Å². The van der Waals surface area contributed by atoms with Crippen molar-refractivity contribution in [2.24, 2.45) is 0 Å². The molecular weight excluding hydrogens is 356 g/mol. The first kappa shape index (κ1) is 19.2. The van der Waals surface area contributed by atoms with Crippen LogP contribution in [0.1, 0.15) is 31.7 Å². The van der Waals surface area contributed by atoms with E-state index in [0.717, 1.165) is 12.1 Å². The Bertz CT molecular complexity index is 734. The highest BCUT2D eigenvalue weighted by Crippen LogP contribution is 2.26. The van der Waals surface area contributed by atoms with Gasteiger partial charge in [0, 0.05) is 10.7 Å². The van der Waals surface area contributed by atoms with Crippen LogP contribution < -0.4 is 15.4 Å². The number of halogens is 1. The first-order valence-corrected chi connectivity index (χ1v) is 8.86. The van der Waals surface area contributed by atoms with E-state index in [1.54, 1.807) is 24.3 Å². The molecule has 0 saturated carbocycles. The number of amides is 1. The molecule has 1 unspecified atom stereocenters. The Hall–Kier alpha value is -2.11. The number of carbonyl (C=O) groups excluding carboxylic acids is 1. The van der Waals surface area contributed by atoms with Gasteiger partial charge in [-0.05, 0) is 60.5 Å². The Balaban J connectivity index is 1.87. The van der Waals surface area contributed by atoms with Crippen LogP contribution in [-0.2, 0) is 4.79 Å². The van der Waals surface area contributed by atoms with E-state index < -0.39 is 0 Å². The molecule has 0 aliphatic carbocycles. The molecular formula is C19H21ClN2O2S. The predicted octanol–water partition coefficient (Wildman–Crippen LogP) is 4.75. The minimum Gasteiger partial charge on any atom is -0.484 e. The Labute approximate surface area is 158 Å². The number of ether oxygens (including phenoxy) is 1. The fraction of sp³-hybridized carbons (Fsp3) is 0.263. The fourth-order valence-corrected chi connectivity index (χ4v) is 2.61. The summed E-state index contributed by atoms with van der Waals surface area (Å²) in [5.74, 6) is 0.643. The van der Waals surface area contributed by atoms with Gasteiger partial charge in [-0.2, -0.15) is 0 Å². The van der Waals surface area contributed by atoms with E-state index >= 15 is 0 Å². The normalized spacial score (nSPS) is 11.5. The SMILES string of the molecule is CCC(C)c1ccccc1NC(=S)NC(=O)COc1ccc(Cl)cc1. The largest absolute Gasteiger partial charge is 0.484 e. The Morgan fingerprint density at radius 3 is 2.56 bits per heavy atom. The van der Waals surface area contributed by atoms with Crippen molar-refractivity contribution >= 4 is 40.5 Å². The van der Waals surface area contributed by atoms with Gasteiger partial charge in [0.15, 0.2) is 11.7 Å². The smallest absolute Gasteiger partial charge is 0.264 e. The molecule has 4 nitrogen and oxygen atoms in total. The molecule has 0 aliphatic heterocycles. The zero-order chi connectivity index (χ0) is 18.2. The zero-order valence-corrected chi connectivity index (χ0v) is 15.8. The summed E-state index contributed by atoms with van der Waals surface area (Å²) in [6.07, 6.45) is 1.02. The molecule has 1 atom stereocenters.